The van der Waals surface area contributed by atoms with E-state index in [0.717, 1.165) is 0 Å². The van der Waals surface area contributed by atoms with Crippen LogP contribution in [0.5, 0.6) is 11.5 Å². The Morgan fingerprint density at radius 2 is 2.69 bits per heavy atom. The molecule has 13 heavy (non-hydrogen) atoms. The molecule has 1 unspecified atom stereocenters. The van der Waals surface area contributed by atoms with Gasteiger partial charge < -0.3 is 9.47 Å². The van der Waals surface area contributed by atoms with E-state index in [1.165, 1.54) is 0 Å². The van der Waals surface area contributed by atoms with Crippen molar-refractivity contribution in [3.05, 3.63) is 14.4 Å². The largest absolute Gasteiger partial charge is 0.483 e. The van der Waals surface area contributed by atoms with Crippen LogP contribution < -0.4 is 9.47 Å². The smallest absolute Gasteiger partial charge is 0.194 e. The molecular weight excluding hydrogens is 349 g/mol. The second-order valence-electron chi connectivity index (χ2n) is 2.48. The molecule has 1 atom stereocenters. The first kappa shape index (κ1) is 6.44. The lowest BCUT2D eigenvalue weighted by atomic mass is 10.3. The monoisotopic (exact) mass is 358 g/mol. The standard InChI is InChI=1S/C8H7BrINO2/c1-4-3-12-7-5(13-4)2-6(10)11-8(7)9/h2,4H,3H2,1H3/i1D3. The molecule has 0 bridgehead atoms. The molecule has 0 N–H and O–H groups in total. The number of hydrogen-bond donors (Lipinski definition) is 0. The Morgan fingerprint density at radius 3 is 3.46 bits per heavy atom. The van der Waals surface area contributed by atoms with Crippen LogP contribution in [0.2, 0.25) is 0 Å². The Balaban J connectivity index is 2.34. The molecule has 0 saturated carbocycles. The van der Waals surface area contributed by atoms with Crippen LogP contribution in [0.25, 0.3) is 0 Å². The highest BCUT2D eigenvalue weighted by Gasteiger charge is 2.21. The van der Waals surface area contributed by atoms with Gasteiger partial charge in [0, 0.05) is 10.2 Å². The third-order valence-corrected chi connectivity index (χ3v) is 2.60. The number of hydrogen-bond acceptors (Lipinski definition) is 3. The molecule has 0 aromatic carbocycles. The number of nitrogens with zero attached hydrogens (tertiary/aromatic N) is 1. The van der Waals surface area contributed by atoms with E-state index in [-0.39, 0.29) is 6.61 Å². The molecule has 70 valence electrons. The predicted molar refractivity (Wildman–Crippen MR) is 60.2 cm³/mol. The van der Waals surface area contributed by atoms with Crippen LogP contribution in [-0.2, 0) is 0 Å². The topological polar surface area (TPSA) is 31.4 Å². The van der Waals surface area contributed by atoms with Gasteiger partial charge in [0.2, 0.25) is 0 Å². The van der Waals surface area contributed by atoms with E-state index in [4.69, 9.17) is 13.6 Å². The van der Waals surface area contributed by atoms with Crippen LogP contribution >= 0.6 is 38.5 Å². The quantitative estimate of drug-likeness (QED) is 0.527. The summed E-state index contributed by atoms with van der Waals surface area (Å²) in [5.74, 6) is 0.875. The fraction of sp³-hybridized carbons (Fsp3) is 0.375. The van der Waals surface area contributed by atoms with Crippen molar-refractivity contribution in [3.8, 4) is 11.5 Å². The molecule has 2 heterocycles. The maximum atomic E-state index is 7.27. The number of fused-ring (bicyclic) bond motifs is 1. The molecule has 1 aromatic heterocycles. The lowest BCUT2D eigenvalue weighted by molar-refractivity contribution is 0.102. The van der Waals surface area contributed by atoms with Crippen molar-refractivity contribution < 1.29 is 13.6 Å². The molecule has 0 spiro atoms. The SMILES string of the molecule is [2H]C([2H])([2H])C1COc2c(cc(I)nc2Br)O1. The zero-order valence-electron chi connectivity index (χ0n) is 9.38. The van der Waals surface area contributed by atoms with Crippen LogP contribution in [-0.4, -0.2) is 17.7 Å². The van der Waals surface area contributed by atoms with Crippen molar-refractivity contribution in [2.45, 2.75) is 13.0 Å². The molecule has 1 aliphatic rings. The predicted octanol–water partition coefficient (Wildman–Crippen LogP) is 2.61. The summed E-state index contributed by atoms with van der Waals surface area (Å²) in [5.41, 5.74) is 0. The van der Waals surface area contributed by atoms with Crippen LogP contribution in [0.4, 0.5) is 0 Å². The minimum atomic E-state index is -2.18. The summed E-state index contributed by atoms with van der Waals surface area (Å²) >= 11 is 5.26. The van der Waals surface area contributed by atoms with Crippen molar-refractivity contribution in [3.63, 3.8) is 0 Å². The number of rotatable bonds is 0. The van der Waals surface area contributed by atoms with Gasteiger partial charge in [0.15, 0.2) is 16.1 Å². The van der Waals surface area contributed by atoms with E-state index in [9.17, 15) is 0 Å². The fourth-order valence-corrected chi connectivity index (χ4v) is 2.37. The normalized spacial score (nSPS) is 24.5. The summed E-state index contributed by atoms with van der Waals surface area (Å²) in [6.45, 7) is -2.18. The van der Waals surface area contributed by atoms with Crippen LogP contribution in [0.15, 0.2) is 10.7 Å². The van der Waals surface area contributed by atoms with Crippen molar-refractivity contribution in [2.24, 2.45) is 0 Å². The molecule has 5 heteroatoms. The highest BCUT2D eigenvalue weighted by atomic mass is 127. The molecular formula is C8H7BrINO2. The van der Waals surface area contributed by atoms with Gasteiger partial charge in [-0.1, -0.05) is 0 Å². The Labute approximate surface area is 102 Å². The summed E-state index contributed by atoms with van der Waals surface area (Å²) < 4.78 is 33.8. The van der Waals surface area contributed by atoms with Crippen LogP contribution in [0.3, 0.4) is 0 Å². The molecule has 0 aliphatic carbocycles. The Kier molecular flexibility index (Phi) is 1.79. The molecule has 1 aliphatic heterocycles. The molecule has 3 nitrogen and oxygen atoms in total. The van der Waals surface area contributed by atoms with Gasteiger partial charge in [-0.15, -0.1) is 0 Å². The molecule has 0 fully saturated rings. The maximum Gasteiger partial charge on any atom is 0.194 e. The fourth-order valence-electron chi connectivity index (χ4n) is 1.02. The van der Waals surface area contributed by atoms with Crippen molar-refractivity contribution in [1.29, 1.82) is 0 Å². The van der Waals surface area contributed by atoms with E-state index < -0.39 is 13.0 Å². The highest BCUT2D eigenvalue weighted by Crippen LogP contribution is 2.37. The summed E-state index contributed by atoms with van der Waals surface area (Å²) in [6.07, 6.45) is -0.926. The molecule has 2 rings (SSSR count). The summed E-state index contributed by atoms with van der Waals surface area (Å²) in [7, 11) is 0. The molecule has 0 saturated heterocycles. The van der Waals surface area contributed by atoms with Crippen molar-refractivity contribution >= 4 is 38.5 Å². The number of halogens is 2. The Bertz CT molecular complexity index is 426. The van der Waals surface area contributed by atoms with Gasteiger partial charge in [0.1, 0.15) is 16.4 Å². The number of pyridine rings is 1. The average Bonchev–Trinajstić information content (AvgIpc) is 2.15. The van der Waals surface area contributed by atoms with Gasteiger partial charge in [-0.25, -0.2) is 4.98 Å². The summed E-state index contributed by atoms with van der Waals surface area (Å²) in [6, 6.07) is 1.65. The molecule has 0 amide bonds. The van der Waals surface area contributed by atoms with Gasteiger partial charge >= 0.3 is 0 Å². The lowest BCUT2D eigenvalue weighted by Gasteiger charge is -2.24. The van der Waals surface area contributed by atoms with Gasteiger partial charge in [0.25, 0.3) is 0 Å². The van der Waals surface area contributed by atoms with Gasteiger partial charge in [-0.3, -0.25) is 0 Å². The lowest BCUT2D eigenvalue weighted by Crippen LogP contribution is -2.26. The first-order valence-corrected chi connectivity index (χ1v) is 5.40. The highest BCUT2D eigenvalue weighted by molar-refractivity contribution is 14.1. The van der Waals surface area contributed by atoms with E-state index in [2.05, 4.69) is 20.9 Å². The third-order valence-electron chi connectivity index (χ3n) is 1.51. The van der Waals surface area contributed by atoms with E-state index in [1.807, 2.05) is 22.6 Å². The van der Waals surface area contributed by atoms with E-state index in [1.54, 1.807) is 6.07 Å². The van der Waals surface area contributed by atoms with Crippen molar-refractivity contribution in [1.82, 2.24) is 4.98 Å². The summed E-state index contributed by atoms with van der Waals surface area (Å²) in [5, 5.41) is 0. The number of aromatic nitrogens is 1. The maximum absolute atomic E-state index is 7.27. The van der Waals surface area contributed by atoms with Crippen LogP contribution in [0.1, 0.15) is 11.0 Å². The first-order valence-electron chi connectivity index (χ1n) is 5.03. The Morgan fingerprint density at radius 1 is 1.85 bits per heavy atom. The van der Waals surface area contributed by atoms with Crippen LogP contribution in [0, 0.1) is 3.70 Å². The first-order chi connectivity index (χ1) is 7.38. The van der Waals surface area contributed by atoms with E-state index >= 15 is 0 Å². The summed E-state index contributed by atoms with van der Waals surface area (Å²) in [4.78, 5) is 4.13. The Hall–Kier alpha value is -0.0400. The van der Waals surface area contributed by atoms with Gasteiger partial charge in [0.05, 0.1) is 0 Å². The zero-order valence-corrected chi connectivity index (χ0v) is 10.1. The van der Waals surface area contributed by atoms with Crippen molar-refractivity contribution in [2.75, 3.05) is 6.61 Å². The van der Waals surface area contributed by atoms with Gasteiger partial charge in [-0.05, 0) is 45.4 Å². The molecule has 1 aromatic rings. The number of ether oxygens (including phenoxy) is 2. The zero-order chi connectivity index (χ0) is 11.9. The third kappa shape index (κ3) is 1.90. The van der Waals surface area contributed by atoms with Gasteiger partial charge in [-0.2, -0.15) is 0 Å². The molecule has 0 radical (unpaired) electrons. The van der Waals surface area contributed by atoms with E-state index in [0.29, 0.717) is 19.8 Å². The minimum Gasteiger partial charge on any atom is -0.483 e. The second kappa shape index (κ2) is 3.61. The average molecular weight is 359 g/mol. The second-order valence-corrected chi connectivity index (χ2v) is 4.34. The minimum absolute atomic E-state index is 0.00434.